The maximum atomic E-state index is 13.5. The predicted octanol–water partition coefficient (Wildman–Crippen LogP) is 2.95. The number of hydrogen-bond donors (Lipinski definition) is 0. The Kier molecular flexibility index (Phi) is 6.32. The molecule has 1 aromatic heterocycles. The van der Waals surface area contributed by atoms with Crippen LogP contribution < -0.4 is 10.3 Å². The van der Waals surface area contributed by atoms with Gasteiger partial charge in [-0.25, -0.2) is 0 Å². The molecule has 3 heterocycles. The molecule has 1 unspecified atom stereocenters. The fraction of sp³-hybridized carbons (Fsp3) is 0.522. The van der Waals surface area contributed by atoms with Gasteiger partial charge in [0, 0.05) is 55.7 Å². The van der Waals surface area contributed by atoms with E-state index < -0.39 is 0 Å². The predicted molar refractivity (Wildman–Crippen MR) is 121 cm³/mol. The van der Waals surface area contributed by atoms with E-state index in [-0.39, 0.29) is 5.56 Å². The first-order chi connectivity index (χ1) is 14.1. The lowest BCUT2D eigenvalue weighted by Crippen LogP contribution is -2.42. The van der Waals surface area contributed by atoms with Crippen molar-refractivity contribution in [1.29, 1.82) is 0 Å². The second-order valence-electron chi connectivity index (χ2n) is 8.26. The van der Waals surface area contributed by atoms with Gasteiger partial charge in [-0.05, 0) is 55.6 Å². The fourth-order valence-corrected chi connectivity index (χ4v) is 5.65. The molecule has 6 heteroatoms. The smallest absolute Gasteiger partial charge is 0.258 e. The average molecular weight is 414 g/mol. The summed E-state index contributed by atoms with van der Waals surface area (Å²) in [5, 5.41) is 0. The van der Waals surface area contributed by atoms with Gasteiger partial charge in [0.05, 0.1) is 7.11 Å². The minimum absolute atomic E-state index is 0.115. The molecule has 5 nitrogen and oxygen atoms in total. The summed E-state index contributed by atoms with van der Waals surface area (Å²) < 4.78 is 7.43. The van der Waals surface area contributed by atoms with Gasteiger partial charge in [0.15, 0.2) is 0 Å². The summed E-state index contributed by atoms with van der Waals surface area (Å²) in [5.74, 6) is 3.29. The normalized spacial score (nSPS) is 19.5. The van der Waals surface area contributed by atoms with Crippen molar-refractivity contribution in [2.75, 3.05) is 45.8 Å². The van der Waals surface area contributed by atoms with Crippen LogP contribution >= 0.6 is 11.8 Å². The summed E-state index contributed by atoms with van der Waals surface area (Å²) in [6.07, 6.45) is 2.24. The molecule has 1 aromatic carbocycles. The first-order valence-electron chi connectivity index (χ1n) is 10.4. The number of thioether (sulfide) groups is 1. The minimum Gasteiger partial charge on any atom is -0.497 e. The Morgan fingerprint density at radius 3 is 2.86 bits per heavy atom. The van der Waals surface area contributed by atoms with Crippen molar-refractivity contribution in [2.24, 2.45) is 0 Å². The Hall–Kier alpha value is -1.76. The number of nitrogens with zero attached hydrogens (tertiary/aromatic N) is 3. The maximum absolute atomic E-state index is 13.5. The highest BCUT2D eigenvalue weighted by Gasteiger charge is 2.28. The van der Waals surface area contributed by atoms with E-state index in [9.17, 15) is 4.79 Å². The quantitative estimate of drug-likeness (QED) is 0.728. The van der Waals surface area contributed by atoms with Crippen molar-refractivity contribution < 1.29 is 4.74 Å². The van der Waals surface area contributed by atoms with E-state index >= 15 is 0 Å². The van der Waals surface area contributed by atoms with Crippen LogP contribution in [0.4, 0.5) is 0 Å². The van der Waals surface area contributed by atoms with E-state index in [2.05, 4.69) is 41.7 Å². The Morgan fingerprint density at radius 2 is 2.14 bits per heavy atom. The van der Waals surface area contributed by atoms with Gasteiger partial charge in [-0.1, -0.05) is 12.1 Å². The molecular weight excluding hydrogens is 382 g/mol. The number of fused-ring (bicyclic) bond motifs is 1. The second kappa shape index (κ2) is 8.94. The Morgan fingerprint density at radius 1 is 1.28 bits per heavy atom. The van der Waals surface area contributed by atoms with Crippen molar-refractivity contribution >= 4 is 11.8 Å². The van der Waals surface area contributed by atoms with Gasteiger partial charge in [0.25, 0.3) is 5.56 Å². The summed E-state index contributed by atoms with van der Waals surface area (Å²) in [4.78, 5) is 18.2. The molecule has 0 saturated carbocycles. The minimum atomic E-state index is 0.115. The van der Waals surface area contributed by atoms with Gasteiger partial charge >= 0.3 is 0 Å². The monoisotopic (exact) mass is 413 g/mol. The molecule has 0 radical (unpaired) electrons. The number of methoxy groups -OCH3 is 1. The lowest BCUT2D eigenvalue weighted by molar-refractivity contribution is 0.190. The third-order valence-electron chi connectivity index (χ3n) is 6.07. The lowest BCUT2D eigenvalue weighted by atomic mass is 9.97. The van der Waals surface area contributed by atoms with Crippen LogP contribution in [-0.4, -0.2) is 66.2 Å². The summed E-state index contributed by atoms with van der Waals surface area (Å²) in [6, 6.07) is 10.7. The first kappa shape index (κ1) is 20.5. The van der Waals surface area contributed by atoms with E-state index in [1.807, 2.05) is 28.8 Å². The van der Waals surface area contributed by atoms with Crippen LogP contribution in [-0.2, 0) is 19.5 Å². The summed E-state index contributed by atoms with van der Waals surface area (Å²) in [5.41, 5.74) is 4.37. The molecule has 0 aliphatic carbocycles. The van der Waals surface area contributed by atoms with Crippen molar-refractivity contribution in [1.82, 2.24) is 14.4 Å². The zero-order valence-corrected chi connectivity index (χ0v) is 18.5. The van der Waals surface area contributed by atoms with E-state index in [0.29, 0.717) is 6.04 Å². The number of aromatic nitrogens is 1. The van der Waals surface area contributed by atoms with Crippen LogP contribution in [0.5, 0.6) is 5.75 Å². The Bertz CT molecular complexity index is 919. The first-order valence-corrected chi connectivity index (χ1v) is 11.6. The Labute approximate surface area is 177 Å². The molecule has 0 N–H and O–H groups in total. The van der Waals surface area contributed by atoms with E-state index in [0.717, 1.165) is 49.5 Å². The van der Waals surface area contributed by atoms with Gasteiger partial charge in [-0.3, -0.25) is 9.69 Å². The molecule has 0 spiro atoms. The number of pyridine rings is 1. The molecule has 1 fully saturated rings. The van der Waals surface area contributed by atoms with Crippen molar-refractivity contribution in [3.05, 3.63) is 51.9 Å². The number of hydrogen-bond acceptors (Lipinski definition) is 5. The van der Waals surface area contributed by atoms with Crippen LogP contribution in [0, 0.1) is 0 Å². The second-order valence-corrected chi connectivity index (χ2v) is 9.41. The molecule has 2 aliphatic rings. The lowest BCUT2D eigenvalue weighted by Gasteiger charge is -2.35. The van der Waals surface area contributed by atoms with Gasteiger partial charge in [0.2, 0.25) is 0 Å². The number of ether oxygens (including phenoxy) is 1. The van der Waals surface area contributed by atoms with Crippen LogP contribution in [0.2, 0.25) is 0 Å². The SMILES string of the molecule is COc1cccc(-c2cc3c(n(CCN(C)C)c2=O)CCN(C2CCSC2)C3)c1. The highest BCUT2D eigenvalue weighted by Crippen LogP contribution is 2.30. The van der Waals surface area contributed by atoms with Crippen LogP contribution in [0.3, 0.4) is 0 Å². The summed E-state index contributed by atoms with van der Waals surface area (Å²) in [7, 11) is 5.78. The van der Waals surface area contributed by atoms with Crippen molar-refractivity contribution in [3.8, 4) is 16.9 Å². The zero-order valence-electron chi connectivity index (χ0n) is 17.7. The third-order valence-corrected chi connectivity index (χ3v) is 7.22. The van der Waals surface area contributed by atoms with Crippen LogP contribution in [0.15, 0.2) is 35.1 Å². The molecule has 1 atom stereocenters. The molecule has 0 bridgehead atoms. The average Bonchev–Trinajstić information content (AvgIpc) is 3.27. The standard InChI is InChI=1S/C23H31N3O2S/c1-24(2)10-11-26-22-7-9-25(19-8-12-29-16-19)15-18(22)14-21(23(26)27)17-5-4-6-20(13-17)28-3/h4-6,13-14,19H,7-12,15-16H2,1-3H3. The highest BCUT2D eigenvalue weighted by atomic mass is 32.2. The van der Waals surface area contributed by atoms with Crippen molar-refractivity contribution in [3.63, 3.8) is 0 Å². The van der Waals surface area contributed by atoms with Crippen molar-refractivity contribution in [2.45, 2.75) is 32.0 Å². The number of rotatable bonds is 6. The van der Waals surface area contributed by atoms with Gasteiger partial charge in [-0.2, -0.15) is 11.8 Å². The maximum Gasteiger partial charge on any atom is 0.258 e. The number of benzene rings is 1. The number of likely N-dealkylation sites (N-methyl/N-ethyl adjacent to an activating group) is 1. The summed E-state index contributed by atoms with van der Waals surface area (Å²) >= 11 is 2.06. The summed E-state index contributed by atoms with van der Waals surface area (Å²) in [6.45, 7) is 3.58. The van der Waals surface area contributed by atoms with Gasteiger partial charge in [-0.15, -0.1) is 0 Å². The fourth-order valence-electron chi connectivity index (χ4n) is 4.40. The van der Waals surface area contributed by atoms with Gasteiger partial charge < -0.3 is 14.2 Å². The molecule has 156 valence electrons. The zero-order chi connectivity index (χ0) is 20.4. The molecule has 1 saturated heterocycles. The van der Waals surface area contributed by atoms with Crippen LogP contribution in [0.25, 0.3) is 11.1 Å². The topological polar surface area (TPSA) is 37.7 Å². The van der Waals surface area contributed by atoms with E-state index in [4.69, 9.17) is 4.74 Å². The molecule has 29 heavy (non-hydrogen) atoms. The molecule has 0 amide bonds. The third kappa shape index (κ3) is 4.39. The molecule has 4 rings (SSSR count). The van der Waals surface area contributed by atoms with Gasteiger partial charge in [0.1, 0.15) is 5.75 Å². The molecular formula is C23H31N3O2S. The Balaban J connectivity index is 1.76. The van der Waals surface area contributed by atoms with E-state index in [1.54, 1.807) is 7.11 Å². The van der Waals surface area contributed by atoms with Crippen LogP contribution in [0.1, 0.15) is 17.7 Å². The molecule has 2 aromatic rings. The molecule has 2 aliphatic heterocycles. The largest absolute Gasteiger partial charge is 0.497 e. The van der Waals surface area contributed by atoms with E-state index in [1.165, 1.54) is 29.2 Å². The highest BCUT2D eigenvalue weighted by molar-refractivity contribution is 7.99.